The number of nitrogens with zero attached hydrogens (tertiary/aromatic N) is 2. The summed E-state index contributed by atoms with van der Waals surface area (Å²) in [5.41, 5.74) is 1.26. The van der Waals surface area contributed by atoms with Crippen molar-refractivity contribution in [2.24, 2.45) is 0 Å². The number of carboxylic acids is 1. The van der Waals surface area contributed by atoms with E-state index in [1.807, 2.05) is 0 Å². The number of hydrogen-bond acceptors (Lipinski definition) is 4. The Labute approximate surface area is 167 Å². The third kappa shape index (κ3) is 4.39. The highest BCUT2D eigenvalue weighted by Gasteiger charge is 2.21. The van der Waals surface area contributed by atoms with Gasteiger partial charge in [0.05, 0.1) is 24.2 Å². The SMILES string of the molecule is CCCCc1cnc(-c2ccc(OC)cc2)c(-c2cc(F)c(C(=O)O)c(F)c2)n1. The Bertz CT molecular complexity index is 1010. The predicted octanol–water partition coefficient (Wildman–Crippen LogP) is 5.14. The normalized spacial score (nSPS) is 10.8. The summed E-state index contributed by atoms with van der Waals surface area (Å²) in [6.45, 7) is 2.05. The number of halogens is 2. The second-order valence-corrected chi connectivity index (χ2v) is 6.51. The first kappa shape index (κ1) is 20.4. The van der Waals surface area contributed by atoms with Crippen LogP contribution in [-0.4, -0.2) is 28.2 Å². The van der Waals surface area contributed by atoms with Crippen LogP contribution >= 0.6 is 0 Å². The quantitative estimate of drug-likeness (QED) is 0.597. The molecule has 3 rings (SSSR count). The Morgan fingerprint density at radius 2 is 1.72 bits per heavy atom. The van der Waals surface area contributed by atoms with Gasteiger partial charge in [-0.25, -0.2) is 18.6 Å². The highest BCUT2D eigenvalue weighted by atomic mass is 19.1. The van der Waals surface area contributed by atoms with Crippen LogP contribution in [0.3, 0.4) is 0 Å². The lowest BCUT2D eigenvalue weighted by Gasteiger charge is -2.12. The highest BCUT2D eigenvalue weighted by Crippen LogP contribution is 2.32. The Kier molecular flexibility index (Phi) is 6.16. The second-order valence-electron chi connectivity index (χ2n) is 6.51. The number of aromatic nitrogens is 2. The Balaban J connectivity index is 2.17. The minimum absolute atomic E-state index is 0.127. The van der Waals surface area contributed by atoms with E-state index in [2.05, 4.69) is 16.9 Å². The molecule has 0 aliphatic carbocycles. The first-order valence-electron chi connectivity index (χ1n) is 9.17. The minimum atomic E-state index is -1.66. The van der Waals surface area contributed by atoms with Crippen LogP contribution in [0.25, 0.3) is 22.5 Å². The summed E-state index contributed by atoms with van der Waals surface area (Å²) in [5, 5.41) is 9.01. The zero-order valence-electron chi connectivity index (χ0n) is 16.1. The van der Waals surface area contributed by atoms with Crippen molar-refractivity contribution in [2.45, 2.75) is 26.2 Å². The molecule has 0 unspecified atom stereocenters. The number of ether oxygens (including phenoxy) is 1. The molecule has 0 spiro atoms. The smallest absolute Gasteiger partial charge is 0.341 e. The van der Waals surface area contributed by atoms with Crippen molar-refractivity contribution >= 4 is 5.97 Å². The summed E-state index contributed by atoms with van der Waals surface area (Å²) in [4.78, 5) is 20.2. The van der Waals surface area contributed by atoms with Crippen LogP contribution in [0.5, 0.6) is 5.75 Å². The molecule has 0 radical (unpaired) electrons. The molecule has 0 amide bonds. The Hall–Kier alpha value is -3.35. The zero-order valence-corrected chi connectivity index (χ0v) is 16.1. The van der Waals surface area contributed by atoms with Crippen molar-refractivity contribution in [2.75, 3.05) is 7.11 Å². The number of hydrogen-bond donors (Lipinski definition) is 1. The lowest BCUT2D eigenvalue weighted by Crippen LogP contribution is -2.06. The first-order valence-corrected chi connectivity index (χ1v) is 9.17. The fourth-order valence-electron chi connectivity index (χ4n) is 2.98. The number of methoxy groups -OCH3 is 1. The number of aryl methyl sites for hydroxylation is 1. The minimum Gasteiger partial charge on any atom is -0.497 e. The van der Waals surface area contributed by atoms with Crippen molar-refractivity contribution < 1.29 is 23.4 Å². The van der Waals surface area contributed by atoms with Crippen molar-refractivity contribution in [1.82, 2.24) is 9.97 Å². The van der Waals surface area contributed by atoms with Gasteiger partial charge in [-0.3, -0.25) is 4.98 Å². The van der Waals surface area contributed by atoms with Gasteiger partial charge in [0, 0.05) is 17.3 Å². The molecule has 150 valence electrons. The average Bonchev–Trinajstić information content (AvgIpc) is 2.71. The molecule has 2 aromatic carbocycles. The van der Waals surface area contributed by atoms with E-state index in [1.54, 1.807) is 37.6 Å². The van der Waals surface area contributed by atoms with Crippen LogP contribution in [0.2, 0.25) is 0 Å². The summed E-state index contributed by atoms with van der Waals surface area (Å²) < 4.78 is 33.8. The van der Waals surface area contributed by atoms with Crippen LogP contribution in [0, 0.1) is 11.6 Å². The standard InChI is InChI=1S/C22H20F2N2O3/c1-3-4-5-15-12-25-20(13-6-8-16(29-2)9-7-13)21(26-15)14-10-17(23)19(22(27)28)18(24)11-14/h6-12H,3-5H2,1-2H3,(H,27,28). The van der Waals surface area contributed by atoms with E-state index in [0.29, 0.717) is 34.8 Å². The van der Waals surface area contributed by atoms with E-state index in [-0.39, 0.29) is 5.56 Å². The summed E-state index contributed by atoms with van der Waals surface area (Å²) in [5.74, 6) is -3.32. The topological polar surface area (TPSA) is 72.3 Å². The van der Waals surface area contributed by atoms with Gasteiger partial charge < -0.3 is 9.84 Å². The largest absolute Gasteiger partial charge is 0.497 e. The molecule has 0 saturated carbocycles. The number of carbonyl (C=O) groups is 1. The molecule has 0 saturated heterocycles. The number of rotatable bonds is 7. The fraction of sp³-hybridized carbons (Fsp3) is 0.227. The average molecular weight is 398 g/mol. The van der Waals surface area contributed by atoms with Gasteiger partial charge >= 0.3 is 5.97 Å². The molecule has 5 nitrogen and oxygen atoms in total. The molecule has 7 heteroatoms. The molecule has 0 aliphatic heterocycles. The van der Waals surface area contributed by atoms with Crippen LogP contribution < -0.4 is 4.74 Å². The summed E-state index contributed by atoms with van der Waals surface area (Å²) in [6.07, 6.45) is 4.19. The molecule has 1 heterocycles. The van der Waals surface area contributed by atoms with Crippen LogP contribution in [-0.2, 0) is 6.42 Å². The van der Waals surface area contributed by atoms with Crippen molar-refractivity contribution in [3.63, 3.8) is 0 Å². The molecule has 1 aromatic heterocycles. The van der Waals surface area contributed by atoms with Gasteiger partial charge in [-0.15, -0.1) is 0 Å². The molecular weight excluding hydrogens is 378 g/mol. The van der Waals surface area contributed by atoms with Gasteiger partial charge in [-0.2, -0.15) is 0 Å². The van der Waals surface area contributed by atoms with E-state index in [4.69, 9.17) is 9.84 Å². The lowest BCUT2D eigenvalue weighted by molar-refractivity contribution is 0.0686. The maximum atomic E-state index is 14.3. The zero-order chi connectivity index (χ0) is 21.0. The summed E-state index contributed by atoms with van der Waals surface area (Å²) >= 11 is 0. The van der Waals surface area contributed by atoms with E-state index >= 15 is 0 Å². The molecule has 0 aliphatic rings. The maximum Gasteiger partial charge on any atom is 0.341 e. The van der Waals surface area contributed by atoms with Crippen LogP contribution in [0.4, 0.5) is 8.78 Å². The third-order valence-electron chi connectivity index (χ3n) is 4.50. The van der Waals surface area contributed by atoms with Gasteiger partial charge in [0.25, 0.3) is 0 Å². The first-order chi connectivity index (χ1) is 13.9. The monoisotopic (exact) mass is 398 g/mol. The Morgan fingerprint density at radius 1 is 1.07 bits per heavy atom. The van der Waals surface area contributed by atoms with Crippen molar-refractivity contribution in [3.05, 3.63) is 65.5 Å². The van der Waals surface area contributed by atoms with Crippen LogP contribution in [0.15, 0.2) is 42.6 Å². The lowest BCUT2D eigenvalue weighted by atomic mass is 10.0. The number of unbranched alkanes of at least 4 members (excludes halogenated alkanes) is 1. The van der Waals surface area contributed by atoms with Crippen molar-refractivity contribution in [3.8, 4) is 28.3 Å². The van der Waals surface area contributed by atoms with Gasteiger partial charge in [-0.1, -0.05) is 13.3 Å². The van der Waals surface area contributed by atoms with Crippen LogP contribution in [0.1, 0.15) is 35.8 Å². The Morgan fingerprint density at radius 3 is 2.28 bits per heavy atom. The molecule has 0 atom stereocenters. The molecule has 0 fully saturated rings. The fourth-order valence-corrected chi connectivity index (χ4v) is 2.98. The molecular formula is C22H20F2N2O3. The van der Waals surface area contributed by atoms with Gasteiger partial charge in [0.1, 0.15) is 22.9 Å². The molecule has 1 N–H and O–H groups in total. The van der Waals surface area contributed by atoms with Gasteiger partial charge in [0.15, 0.2) is 0 Å². The van der Waals surface area contributed by atoms with E-state index in [1.165, 1.54) is 0 Å². The van der Waals surface area contributed by atoms with Gasteiger partial charge in [0.2, 0.25) is 0 Å². The third-order valence-corrected chi connectivity index (χ3v) is 4.50. The number of aromatic carboxylic acids is 1. The van der Waals surface area contributed by atoms with Crippen molar-refractivity contribution in [1.29, 1.82) is 0 Å². The van der Waals surface area contributed by atoms with Gasteiger partial charge in [-0.05, 0) is 49.2 Å². The predicted molar refractivity (Wildman–Crippen MR) is 105 cm³/mol. The van der Waals surface area contributed by atoms with E-state index < -0.39 is 23.2 Å². The maximum absolute atomic E-state index is 14.3. The number of carboxylic acid groups (broad SMARTS) is 1. The second kappa shape index (κ2) is 8.77. The highest BCUT2D eigenvalue weighted by molar-refractivity contribution is 5.89. The van der Waals surface area contributed by atoms with E-state index in [0.717, 1.165) is 25.0 Å². The molecule has 29 heavy (non-hydrogen) atoms. The molecule has 0 bridgehead atoms. The summed E-state index contributed by atoms with van der Waals surface area (Å²) in [6, 6.07) is 9.01. The molecule has 3 aromatic rings. The summed E-state index contributed by atoms with van der Waals surface area (Å²) in [7, 11) is 1.55. The number of benzene rings is 2. The van der Waals surface area contributed by atoms with E-state index in [9.17, 15) is 13.6 Å².